The number of rotatable bonds is 5. The Morgan fingerprint density at radius 2 is 1.95 bits per heavy atom. The molecule has 0 spiro atoms. The molecule has 1 aliphatic rings. The topological polar surface area (TPSA) is 63.2 Å². The Bertz CT molecular complexity index is 657. The van der Waals surface area contributed by atoms with Crippen molar-refractivity contribution in [2.24, 2.45) is 5.92 Å². The molecule has 0 atom stereocenters. The van der Waals surface area contributed by atoms with E-state index in [4.69, 9.17) is 33.9 Å². The van der Waals surface area contributed by atoms with Crippen molar-refractivity contribution in [3.05, 3.63) is 27.7 Å². The fourth-order valence-corrected chi connectivity index (χ4v) is 4.09. The number of hydrogen-bond donors (Lipinski definition) is 1. The average Bonchev–Trinajstić information content (AvgIpc) is 2.30. The van der Waals surface area contributed by atoms with E-state index < -0.39 is 15.0 Å². The molecule has 1 aliphatic carbocycles. The Morgan fingerprint density at radius 1 is 1.29 bits per heavy atom. The fraction of sp³-hybridized carbons (Fsp3) is 0.462. The highest BCUT2D eigenvalue weighted by Crippen LogP contribution is 2.33. The summed E-state index contributed by atoms with van der Waals surface area (Å²) in [6.45, 7) is 0.508. The number of hydrogen-bond acceptors (Lipinski definition) is 3. The number of halogens is 3. The molecule has 0 heterocycles. The van der Waals surface area contributed by atoms with Gasteiger partial charge in [-0.15, -0.1) is 0 Å². The summed E-state index contributed by atoms with van der Waals surface area (Å²) in [7, 11) is 1.24. The average molecular weight is 371 g/mol. The predicted octanol–water partition coefficient (Wildman–Crippen LogP) is 3.84. The molecule has 1 amide bonds. The first kappa shape index (κ1) is 16.9. The largest absolute Gasteiger partial charge is 0.352 e. The van der Waals surface area contributed by atoms with E-state index in [9.17, 15) is 13.2 Å². The summed E-state index contributed by atoms with van der Waals surface area (Å²) in [6.07, 6.45) is 4.52. The SMILES string of the molecule is O=C(NCCC1CCC1)c1c(Cl)ccc(S(=O)(=O)Cl)c1Cl. The van der Waals surface area contributed by atoms with Crippen LogP contribution in [0.15, 0.2) is 17.0 Å². The lowest BCUT2D eigenvalue weighted by Crippen LogP contribution is -2.28. The summed E-state index contributed by atoms with van der Waals surface area (Å²) in [5.41, 5.74) is -0.0614. The maximum atomic E-state index is 12.1. The first-order valence-electron chi connectivity index (χ1n) is 6.51. The number of carbonyl (C=O) groups is 1. The van der Waals surface area contributed by atoms with E-state index in [0.717, 1.165) is 6.42 Å². The summed E-state index contributed by atoms with van der Waals surface area (Å²) >= 11 is 11.9. The lowest BCUT2D eigenvalue weighted by atomic mass is 9.83. The zero-order valence-electron chi connectivity index (χ0n) is 11.0. The van der Waals surface area contributed by atoms with Gasteiger partial charge in [-0.3, -0.25) is 4.79 Å². The van der Waals surface area contributed by atoms with Crippen LogP contribution >= 0.6 is 33.9 Å². The van der Waals surface area contributed by atoms with Gasteiger partial charge in [0.1, 0.15) is 4.90 Å². The Kier molecular flexibility index (Phi) is 5.41. The van der Waals surface area contributed by atoms with Gasteiger partial charge in [0.2, 0.25) is 0 Å². The van der Waals surface area contributed by atoms with Crippen LogP contribution in [0.4, 0.5) is 0 Å². The van der Waals surface area contributed by atoms with Crippen LogP contribution in [0.1, 0.15) is 36.0 Å². The molecule has 8 heteroatoms. The molecule has 1 saturated carbocycles. The molecule has 116 valence electrons. The minimum Gasteiger partial charge on any atom is -0.352 e. The van der Waals surface area contributed by atoms with Gasteiger partial charge in [0.25, 0.3) is 15.0 Å². The minimum absolute atomic E-state index is 0.0614. The van der Waals surface area contributed by atoms with Gasteiger partial charge in [-0.25, -0.2) is 8.42 Å². The van der Waals surface area contributed by atoms with Crippen molar-refractivity contribution in [2.75, 3.05) is 6.54 Å². The maximum Gasteiger partial charge on any atom is 0.262 e. The normalized spacial score (nSPS) is 15.6. The summed E-state index contributed by atoms with van der Waals surface area (Å²) in [4.78, 5) is 11.8. The van der Waals surface area contributed by atoms with E-state index in [-0.39, 0.29) is 20.5 Å². The molecular formula is C13H14Cl3NO3S. The van der Waals surface area contributed by atoms with E-state index in [1.54, 1.807) is 0 Å². The molecule has 0 radical (unpaired) electrons. The van der Waals surface area contributed by atoms with Crippen molar-refractivity contribution in [3.8, 4) is 0 Å². The summed E-state index contributed by atoms with van der Waals surface area (Å²) < 4.78 is 22.8. The van der Waals surface area contributed by atoms with Crippen LogP contribution < -0.4 is 5.32 Å². The van der Waals surface area contributed by atoms with E-state index in [1.165, 1.54) is 31.4 Å². The third-order valence-corrected chi connectivity index (χ3v) is 5.79. The van der Waals surface area contributed by atoms with Crippen molar-refractivity contribution < 1.29 is 13.2 Å². The quantitative estimate of drug-likeness (QED) is 0.801. The van der Waals surface area contributed by atoms with Gasteiger partial charge in [0.05, 0.1) is 15.6 Å². The lowest BCUT2D eigenvalue weighted by Gasteiger charge is -2.25. The van der Waals surface area contributed by atoms with Gasteiger partial charge in [-0.05, 0) is 24.5 Å². The molecule has 4 nitrogen and oxygen atoms in total. The number of amides is 1. The maximum absolute atomic E-state index is 12.1. The second kappa shape index (κ2) is 6.73. The van der Waals surface area contributed by atoms with E-state index >= 15 is 0 Å². The molecule has 0 saturated heterocycles. The Hall–Kier alpha value is -0.490. The van der Waals surface area contributed by atoms with Crippen molar-refractivity contribution >= 4 is 48.8 Å². The predicted molar refractivity (Wildman–Crippen MR) is 83.8 cm³/mol. The van der Waals surface area contributed by atoms with Crippen LogP contribution in [0, 0.1) is 5.92 Å². The summed E-state index contributed by atoms with van der Waals surface area (Å²) in [5.74, 6) is 0.164. The molecule has 1 aromatic carbocycles. The summed E-state index contributed by atoms with van der Waals surface area (Å²) in [5, 5.41) is 2.55. The molecule has 0 bridgehead atoms. The van der Waals surface area contributed by atoms with Crippen LogP contribution in [0.2, 0.25) is 10.0 Å². The van der Waals surface area contributed by atoms with Gasteiger partial charge in [-0.1, -0.05) is 42.5 Å². The first-order chi connectivity index (χ1) is 9.80. The van der Waals surface area contributed by atoms with Gasteiger partial charge in [0.15, 0.2) is 0 Å². The van der Waals surface area contributed by atoms with E-state index in [0.29, 0.717) is 12.5 Å². The monoisotopic (exact) mass is 369 g/mol. The highest BCUT2D eigenvalue weighted by Gasteiger charge is 2.24. The van der Waals surface area contributed by atoms with Crippen molar-refractivity contribution in [2.45, 2.75) is 30.6 Å². The highest BCUT2D eigenvalue weighted by atomic mass is 35.7. The van der Waals surface area contributed by atoms with Gasteiger partial charge in [0, 0.05) is 17.2 Å². The second-order valence-electron chi connectivity index (χ2n) is 5.01. The Balaban J connectivity index is 2.15. The zero-order valence-corrected chi connectivity index (χ0v) is 14.1. The highest BCUT2D eigenvalue weighted by molar-refractivity contribution is 8.13. The van der Waals surface area contributed by atoms with Crippen molar-refractivity contribution in [1.82, 2.24) is 5.32 Å². The van der Waals surface area contributed by atoms with Crippen molar-refractivity contribution in [1.29, 1.82) is 0 Å². The zero-order chi connectivity index (χ0) is 15.6. The van der Waals surface area contributed by atoms with Crippen LogP contribution in [0.5, 0.6) is 0 Å². The molecule has 2 rings (SSSR count). The number of carbonyl (C=O) groups excluding carboxylic acids is 1. The molecule has 1 aromatic rings. The molecule has 0 aromatic heterocycles. The smallest absolute Gasteiger partial charge is 0.262 e. The number of nitrogens with one attached hydrogen (secondary N) is 1. The van der Waals surface area contributed by atoms with Gasteiger partial charge < -0.3 is 5.32 Å². The fourth-order valence-electron chi connectivity index (χ4n) is 2.19. The van der Waals surface area contributed by atoms with Gasteiger partial charge in [-0.2, -0.15) is 0 Å². The Labute approximate surface area is 138 Å². The van der Waals surface area contributed by atoms with Crippen molar-refractivity contribution in [3.63, 3.8) is 0 Å². The lowest BCUT2D eigenvalue weighted by molar-refractivity contribution is 0.0949. The molecular weight excluding hydrogens is 357 g/mol. The second-order valence-corrected chi connectivity index (χ2v) is 8.33. The first-order valence-corrected chi connectivity index (χ1v) is 9.58. The molecule has 21 heavy (non-hydrogen) atoms. The van der Waals surface area contributed by atoms with Crippen LogP contribution in [-0.4, -0.2) is 20.9 Å². The standard InChI is InChI=1S/C13H14Cl3NO3S/c14-9-4-5-10(21(16,19)20)12(15)11(9)13(18)17-7-6-8-2-1-3-8/h4-5,8H,1-3,6-7H2,(H,17,18). The van der Waals surface area contributed by atoms with Crippen LogP contribution in [-0.2, 0) is 9.05 Å². The molecule has 1 N–H and O–H groups in total. The van der Waals surface area contributed by atoms with Crippen LogP contribution in [0.25, 0.3) is 0 Å². The molecule has 1 fully saturated rings. The third-order valence-electron chi connectivity index (χ3n) is 3.61. The van der Waals surface area contributed by atoms with Crippen LogP contribution in [0.3, 0.4) is 0 Å². The third kappa shape index (κ3) is 4.03. The minimum atomic E-state index is -4.03. The summed E-state index contributed by atoms with van der Waals surface area (Å²) in [6, 6.07) is 2.47. The van der Waals surface area contributed by atoms with Gasteiger partial charge >= 0.3 is 0 Å². The number of benzene rings is 1. The Morgan fingerprint density at radius 3 is 2.48 bits per heavy atom. The van der Waals surface area contributed by atoms with E-state index in [1.807, 2.05) is 0 Å². The van der Waals surface area contributed by atoms with E-state index in [2.05, 4.69) is 5.32 Å². The molecule has 0 aliphatic heterocycles. The molecule has 0 unspecified atom stereocenters.